The molecule has 6 nitrogen and oxygen atoms in total. The van der Waals surface area contributed by atoms with Gasteiger partial charge in [0.25, 0.3) is 0 Å². The molecule has 118 valence electrons. The molecule has 1 heterocycles. The zero-order valence-corrected chi connectivity index (χ0v) is 13.0. The standard InChI is InChI=1S/C13H17ClN2O4.ClH/c1-7(15)13(18)16-6-10(17)8-4-9(14)12-11(5-8)19-2-3-20-12;/h4-5,7,10,17H,2-3,6,15H2,1H3,(H,16,18);1H/t7-,10?;/m0./s1. The smallest absolute Gasteiger partial charge is 0.236 e. The maximum atomic E-state index is 11.4. The van der Waals surface area contributed by atoms with Crippen LogP contribution in [0, 0.1) is 0 Å². The first-order valence-electron chi connectivity index (χ1n) is 6.29. The van der Waals surface area contributed by atoms with Gasteiger partial charge in [0, 0.05) is 6.54 Å². The summed E-state index contributed by atoms with van der Waals surface area (Å²) in [6, 6.07) is 2.63. The van der Waals surface area contributed by atoms with Crippen molar-refractivity contribution >= 4 is 29.9 Å². The number of rotatable bonds is 4. The molecule has 1 aromatic carbocycles. The van der Waals surface area contributed by atoms with Crippen molar-refractivity contribution in [3.05, 3.63) is 22.7 Å². The molecule has 2 rings (SSSR count). The molecule has 0 aliphatic carbocycles. The summed E-state index contributed by atoms with van der Waals surface area (Å²) >= 11 is 6.08. The molecule has 0 radical (unpaired) electrons. The maximum absolute atomic E-state index is 11.4. The molecular weight excluding hydrogens is 319 g/mol. The first-order chi connectivity index (χ1) is 9.49. The largest absolute Gasteiger partial charge is 0.486 e. The summed E-state index contributed by atoms with van der Waals surface area (Å²) in [5.41, 5.74) is 5.97. The molecule has 1 unspecified atom stereocenters. The number of carbonyl (C=O) groups excluding carboxylic acids is 1. The number of aliphatic hydroxyl groups is 1. The molecular formula is C13H18Cl2N2O4. The summed E-state index contributed by atoms with van der Waals surface area (Å²) in [6.07, 6.45) is -0.897. The van der Waals surface area contributed by atoms with Gasteiger partial charge in [0.2, 0.25) is 5.91 Å². The third kappa shape index (κ3) is 4.38. The predicted molar refractivity (Wildman–Crippen MR) is 81.3 cm³/mol. The van der Waals surface area contributed by atoms with E-state index in [4.69, 9.17) is 26.8 Å². The van der Waals surface area contributed by atoms with Gasteiger partial charge in [-0.05, 0) is 24.6 Å². The maximum Gasteiger partial charge on any atom is 0.236 e. The number of fused-ring (bicyclic) bond motifs is 1. The van der Waals surface area contributed by atoms with E-state index in [1.807, 2.05) is 0 Å². The molecule has 0 aromatic heterocycles. The van der Waals surface area contributed by atoms with Crippen molar-refractivity contribution in [1.29, 1.82) is 0 Å². The van der Waals surface area contributed by atoms with E-state index in [9.17, 15) is 9.90 Å². The van der Waals surface area contributed by atoms with Crippen LogP contribution in [0.25, 0.3) is 0 Å². The van der Waals surface area contributed by atoms with Crippen LogP contribution in [0.3, 0.4) is 0 Å². The second-order valence-corrected chi connectivity index (χ2v) is 4.98. The fourth-order valence-electron chi connectivity index (χ4n) is 1.80. The summed E-state index contributed by atoms with van der Waals surface area (Å²) in [7, 11) is 0. The van der Waals surface area contributed by atoms with Crippen molar-refractivity contribution in [3.63, 3.8) is 0 Å². The summed E-state index contributed by atoms with van der Waals surface area (Å²) in [4.78, 5) is 11.4. The Kier molecular flexibility index (Phi) is 6.54. The van der Waals surface area contributed by atoms with Crippen LogP contribution in [0.1, 0.15) is 18.6 Å². The summed E-state index contributed by atoms with van der Waals surface area (Å²) in [6.45, 7) is 2.50. The van der Waals surface area contributed by atoms with Gasteiger partial charge in [-0.2, -0.15) is 0 Å². The normalized spacial score (nSPS) is 15.6. The van der Waals surface area contributed by atoms with Crippen LogP contribution in [0.4, 0.5) is 0 Å². The summed E-state index contributed by atoms with van der Waals surface area (Å²) < 4.78 is 10.8. The fraction of sp³-hybridized carbons (Fsp3) is 0.462. The average molecular weight is 337 g/mol. The van der Waals surface area contributed by atoms with Crippen molar-refractivity contribution in [2.45, 2.75) is 19.1 Å². The van der Waals surface area contributed by atoms with Crippen LogP contribution < -0.4 is 20.5 Å². The molecule has 0 saturated carbocycles. The van der Waals surface area contributed by atoms with Gasteiger partial charge in [-0.3, -0.25) is 4.79 Å². The Balaban J connectivity index is 0.00000220. The molecule has 1 amide bonds. The van der Waals surface area contributed by atoms with Crippen LogP contribution >= 0.6 is 24.0 Å². The molecule has 21 heavy (non-hydrogen) atoms. The highest BCUT2D eigenvalue weighted by molar-refractivity contribution is 6.32. The third-order valence-corrected chi connectivity index (χ3v) is 3.17. The Morgan fingerprint density at radius 3 is 2.81 bits per heavy atom. The highest BCUT2D eigenvalue weighted by Crippen LogP contribution is 2.39. The minimum Gasteiger partial charge on any atom is -0.486 e. The Morgan fingerprint density at radius 1 is 1.48 bits per heavy atom. The van der Waals surface area contributed by atoms with Gasteiger partial charge < -0.3 is 25.6 Å². The van der Waals surface area contributed by atoms with Gasteiger partial charge in [-0.1, -0.05) is 11.6 Å². The van der Waals surface area contributed by atoms with E-state index in [1.54, 1.807) is 19.1 Å². The number of hydrogen-bond acceptors (Lipinski definition) is 5. The lowest BCUT2D eigenvalue weighted by atomic mass is 10.1. The van der Waals surface area contributed by atoms with Gasteiger partial charge in [-0.25, -0.2) is 0 Å². The molecule has 1 aliphatic rings. The minimum absolute atomic E-state index is 0. The zero-order valence-electron chi connectivity index (χ0n) is 11.5. The van der Waals surface area contributed by atoms with Crippen molar-refractivity contribution in [2.75, 3.05) is 19.8 Å². The molecule has 0 fully saturated rings. The highest BCUT2D eigenvalue weighted by Gasteiger charge is 2.20. The molecule has 8 heteroatoms. The molecule has 0 spiro atoms. The Hall–Kier alpha value is -1.21. The topological polar surface area (TPSA) is 93.8 Å². The zero-order chi connectivity index (χ0) is 14.7. The Labute approximate surface area is 134 Å². The van der Waals surface area contributed by atoms with Crippen LogP contribution in [-0.4, -0.2) is 36.8 Å². The van der Waals surface area contributed by atoms with Crippen molar-refractivity contribution < 1.29 is 19.4 Å². The second-order valence-electron chi connectivity index (χ2n) is 4.58. The molecule has 1 aromatic rings. The van der Waals surface area contributed by atoms with Crippen LogP contribution in [0.2, 0.25) is 5.02 Å². The van der Waals surface area contributed by atoms with Gasteiger partial charge in [0.15, 0.2) is 11.5 Å². The lowest BCUT2D eigenvalue weighted by Gasteiger charge is -2.21. The van der Waals surface area contributed by atoms with Crippen LogP contribution in [-0.2, 0) is 4.79 Å². The van der Waals surface area contributed by atoms with Crippen molar-refractivity contribution in [2.24, 2.45) is 5.73 Å². The van der Waals surface area contributed by atoms with Crippen LogP contribution in [0.15, 0.2) is 12.1 Å². The van der Waals surface area contributed by atoms with Crippen molar-refractivity contribution in [1.82, 2.24) is 5.32 Å². The van der Waals surface area contributed by atoms with E-state index in [-0.39, 0.29) is 24.9 Å². The summed E-state index contributed by atoms with van der Waals surface area (Å²) in [5.74, 6) is 0.650. The number of ether oxygens (including phenoxy) is 2. The molecule has 0 saturated heterocycles. The first kappa shape index (κ1) is 17.8. The number of nitrogens with one attached hydrogen (secondary N) is 1. The first-order valence-corrected chi connectivity index (χ1v) is 6.67. The molecule has 2 atom stereocenters. The monoisotopic (exact) mass is 336 g/mol. The Bertz CT molecular complexity index is 511. The number of amides is 1. The van der Waals surface area contributed by atoms with Gasteiger partial charge in [0.1, 0.15) is 13.2 Å². The molecule has 1 aliphatic heterocycles. The molecule has 0 bridgehead atoms. The predicted octanol–water partition coefficient (Wildman–Crippen LogP) is 1.03. The number of hydrogen-bond donors (Lipinski definition) is 3. The van der Waals surface area contributed by atoms with Gasteiger partial charge in [-0.15, -0.1) is 12.4 Å². The lowest BCUT2D eigenvalue weighted by Crippen LogP contribution is -2.40. The quantitative estimate of drug-likeness (QED) is 0.763. The lowest BCUT2D eigenvalue weighted by molar-refractivity contribution is -0.122. The van der Waals surface area contributed by atoms with Crippen LogP contribution in [0.5, 0.6) is 11.5 Å². The van der Waals surface area contributed by atoms with Crippen molar-refractivity contribution in [3.8, 4) is 11.5 Å². The van der Waals surface area contributed by atoms with E-state index in [0.29, 0.717) is 35.3 Å². The van der Waals surface area contributed by atoms with E-state index in [0.717, 1.165) is 0 Å². The van der Waals surface area contributed by atoms with E-state index >= 15 is 0 Å². The highest BCUT2D eigenvalue weighted by atomic mass is 35.5. The third-order valence-electron chi connectivity index (χ3n) is 2.89. The second kappa shape index (κ2) is 7.70. The SMILES string of the molecule is C[C@H](N)C(=O)NCC(O)c1cc(Cl)c2c(c1)OCCO2.Cl. The fourth-order valence-corrected chi connectivity index (χ4v) is 2.07. The number of halogens is 2. The van der Waals surface area contributed by atoms with Gasteiger partial charge in [0.05, 0.1) is 17.2 Å². The van der Waals surface area contributed by atoms with E-state index < -0.39 is 12.1 Å². The van der Waals surface area contributed by atoms with E-state index in [1.165, 1.54) is 0 Å². The number of aliphatic hydroxyl groups excluding tert-OH is 1. The number of benzene rings is 1. The summed E-state index contributed by atoms with van der Waals surface area (Å²) in [5, 5.41) is 13.0. The van der Waals surface area contributed by atoms with E-state index in [2.05, 4.69) is 5.32 Å². The molecule has 4 N–H and O–H groups in total. The minimum atomic E-state index is -0.897. The number of carbonyl (C=O) groups is 1. The average Bonchev–Trinajstić information content (AvgIpc) is 2.44. The Morgan fingerprint density at radius 2 is 2.14 bits per heavy atom. The number of nitrogens with two attached hydrogens (primary N) is 1. The van der Waals surface area contributed by atoms with Gasteiger partial charge >= 0.3 is 0 Å².